The average molecular weight is 272 g/mol. The van der Waals surface area contributed by atoms with Crippen molar-refractivity contribution in [1.29, 1.82) is 0 Å². The summed E-state index contributed by atoms with van der Waals surface area (Å²) in [5.41, 5.74) is 1.16. The van der Waals surface area contributed by atoms with Gasteiger partial charge in [0.15, 0.2) is 0 Å². The molecule has 1 N–H and O–H groups in total. The Morgan fingerprint density at radius 1 is 1.17 bits per heavy atom. The third kappa shape index (κ3) is 6.44. The van der Waals surface area contributed by atoms with Gasteiger partial charge < -0.3 is 14.8 Å². The van der Waals surface area contributed by atoms with Crippen LogP contribution in [0.1, 0.15) is 28.4 Å². The first-order valence-corrected chi connectivity index (χ1v) is 7.26. The molecule has 1 rings (SSSR count). The second kappa shape index (κ2) is 9.44. The number of hydrogen-bond acceptors (Lipinski definition) is 5. The van der Waals surface area contributed by atoms with E-state index in [9.17, 15) is 0 Å². The van der Waals surface area contributed by atoms with Crippen LogP contribution in [0.2, 0.25) is 0 Å². The van der Waals surface area contributed by atoms with E-state index in [-0.39, 0.29) is 0 Å². The summed E-state index contributed by atoms with van der Waals surface area (Å²) < 4.78 is 10.3. The van der Waals surface area contributed by atoms with Crippen LogP contribution in [0.4, 0.5) is 0 Å². The second-order valence-electron chi connectivity index (χ2n) is 4.23. The molecule has 0 aromatic carbocycles. The molecule has 1 aromatic rings. The van der Waals surface area contributed by atoms with Crippen molar-refractivity contribution in [2.75, 3.05) is 33.5 Å². The fourth-order valence-electron chi connectivity index (χ4n) is 1.64. The van der Waals surface area contributed by atoms with E-state index in [1.807, 2.05) is 0 Å². The Balaban J connectivity index is 1.94. The minimum atomic E-state index is 0.683. The van der Waals surface area contributed by atoms with Gasteiger partial charge in [0, 0.05) is 25.1 Å². The highest BCUT2D eigenvalue weighted by Crippen LogP contribution is 2.16. The molecule has 0 amide bonds. The van der Waals surface area contributed by atoms with Crippen LogP contribution in [-0.4, -0.2) is 38.5 Å². The van der Waals surface area contributed by atoms with Gasteiger partial charge in [-0.15, -0.1) is 11.3 Å². The lowest BCUT2D eigenvalue weighted by atomic mass is 10.3. The number of thiazole rings is 1. The second-order valence-corrected chi connectivity index (χ2v) is 5.52. The lowest BCUT2D eigenvalue weighted by Gasteiger charge is -2.05. The summed E-state index contributed by atoms with van der Waals surface area (Å²) >= 11 is 1.78. The van der Waals surface area contributed by atoms with Crippen LogP contribution >= 0.6 is 11.3 Å². The Labute approximate surface area is 114 Å². The summed E-state index contributed by atoms with van der Waals surface area (Å²) in [6, 6.07) is 0. The monoisotopic (exact) mass is 272 g/mol. The molecule has 0 radical (unpaired) electrons. The van der Waals surface area contributed by atoms with Crippen molar-refractivity contribution >= 4 is 11.3 Å². The van der Waals surface area contributed by atoms with Crippen LogP contribution < -0.4 is 5.32 Å². The molecule has 0 unspecified atom stereocenters. The Bertz CT molecular complexity index is 329. The maximum absolute atomic E-state index is 5.40. The zero-order valence-electron chi connectivity index (χ0n) is 11.6. The van der Waals surface area contributed by atoms with Crippen LogP contribution in [0.3, 0.4) is 0 Å². The molecule has 1 aromatic heterocycles. The first kappa shape index (κ1) is 15.6. The van der Waals surface area contributed by atoms with Gasteiger partial charge >= 0.3 is 0 Å². The maximum Gasteiger partial charge on any atom is 0.0900 e. The SMILES string of the molecule is COCCOCCCCNCc1sc(C)nc1C. The van der Waals surface area contributed by atoms with E-state index in [2.05, 4.69) is 24.1 Å². The molecule has 0 aliphatic carbocycles. The van der Waals surface area contributed by atoms with Crippen LogP contribution in [0.5, 0.6) is 0 Å². The van der Waals surface area contributed by atoms with Crippen LogP contribution in [0.15, 0.2) is 0 Å². The van der Waals surface area contributed by atoms with Crippen LogP contribution in [0.25, 0.3) is 0 Å². The van der Waals surface area contributed by atoms with E-state index in [1.165, 1.54) is 4.88 Å². The highest BCUT2D eigenvalue weighted by Gasteiger charge is 2.03. The molecule has 0 saturated heterocycles. The van der Waals surface area contributed by atoms with E-state index < -0.39 is 0 Å². The highest BCUT2D eigenvalue weighted by atomic mass is 32.1. The normalized spacial score (nSPS) is 11.1. The van der Waals surface area contributed by atoms with Crippen LogP contribution in [0, 0.1) is 13.8 Å². The molecule has 0 aliphatic rings. The van der Waals surface area contributed by atoms with E-state index >= 15 is 0 Å². The van der Waals surface area contributed by atoms with Crippen molar-refractivity contribution in [2.24, 2.45) is 0 Å². The Morgan fingerprint density at radius 3 is 2.67 bits per heavy atom. The lowest BCUT2D eigenvalue weighted by Crippen LogP contribution is -2.15. The average Bonchev–Trinajstić information content (AvgIpc) is 2.66. The summed E-state index contributed by atoms with van der Waals surface area (Å²) in [4.78, 5) is 5.77. The van der Waals surface area contributed by atoms with Gasteiger partial charge in [-0.05, 0) is 33.2 Å². The van der Waals surface area contributed by atoms with Crippen LogP contribution in [-0.2, 0) is 16.0 Å². The predicted octanol–water partition coefficient (Wildman–Crippen LogP) is 2.29. The number of hydrogen-bond donors (Lipinski definition) is 1. The van der Waals surface area contributed by atoms with Gasteiger partial charge in [0.1, 0.15) is 0 Å². The number of rotatable bonds is 10. The zero-order chi connectivity index (χ0) is 13.2. The Morgan fingerprint density at radius 2 is 2.00 bits per heavy atom. The predicted molar refractivity (Wildman–Crippen MR) is 75.2 cm³/mol. The van der Waals surface area contributed by atoms with Crippen molar-refractivity contribution < 1.29 is 9.47 Å². The van der Waals surface area contributed by atoms with Crippen molar-refractivity contribution in [3.05, 3.63) is 15.6 Å². The summed E-state index contributed by atoms with van der Waals surface area (Å²) in [7, 11) is 1.69. The maximum atomic E-state index is 5.40. The fraction of sp³-hybridized carbons (Fsp3) is 0.769. The van der Waals surface area contributed by atoms with Gasteiger partial charge in [-0.1, -0.05) is 0 Å². The number of aryl methyl sites for hydroxylation is 2. The number of nitrogens with one attached hydrogen (secondary N) is 1. The third-order valence-electron chi connectivity index (χ3n) is 2.61. The summed E-state index contributed by atoms with van der Waals surface area (Å²) in [5.74, 6) is 0. The number of methoxy groups -OCH3 is 1. The van der Waals surface area contributed by atoms with Crippen molar-refractivity contribution in [1.82, 2.24) is 10.3 Å². The minimum Gasteiger partial charge on any atom is -0.382 e. The molecule has 0 fully saturated rings. The van der Waals surface area contributed by atoms with Gasteiger partial charge in [-0.2, -0.15) is 0 Å². The number of nitrogens with zero attached hydrogens (tertiary/aromatic N) is 1. The van der Waals surface area contributed by atoms with Gasteiger partial charge in [0.2, 0.25) is 0 Å². The van der Waals surface area contributed by atoms with Gasteiger partial charge in [-0.25, -0.2) is 4.98 Å². The van der Waals surface area contributed by atoms with E-state index in [0.717, 1.165) is 43.2 Å². The van der Waals surface area contributed by atoms with Crippen molar-refractivity contribution in [2.45, 2.75) is 33.2 Å². The van der Waals surface area contributed by atoms with Crippen molar-refractivity contribution in [3.8, 4) is 0 Å². The molecule has 1 heterocycles. The zero-order valence-corrected chi connectivity index (χ0v) is 12.4. The van der Waals surface area contributed by atoms with E-state index in [1.54, 1.807) is 18.4 Å². The summed E-state index contributed by atoms with van der Waals surface area (Å²) in [6.45, 7) is 8.30. The van der Waals surface area contributed by atoms with Crippen molar-refractivity contribution in [3.63, 3.8) is 0 Å². The molecule has 4 nitrogen and oxygen atoms in total. The number of unbranched alkanes of at least 4 members (excludes halogenated alkanes) is 1. The molecular formula is C13H24N2O2S. The Hall–Kier alpha value is -0.490. The Kier molecular flexibility index (Phi) is 8.17. The lowest BCUT2D eigenvalue weighted by molar-refractivity contribution is 0.0688. The van der Waals surface area contributed by atoms with Gasteiger partial charge in [-0.3, -0.25) is 0 Å². The number of ether oxygens (including phenoxy) is 2. The third-order valence-corrected chi connectivity index (χ3v) is 3.68. The topological polar surface area (TPSA) is 43.4 Å². The first-order chi connectivity index (χ1) is 8.74. The smallest absolute Gasteiger partial charge is 0.0900 e. The molecule has 104 valence electrons. The largest absolute Gasteiger partial charge is 0.382 e. The van der Waals surface area contributed by atoms with E-state index in [4.69, 9.17) is 9.47 Å². The molecule has 0 atom stereocenters. The molecule has 0 saturated carbocycles. The minimum absolute atomic E-state index is 0.683. The molecule has 0 spiro atoms. The molecule has 0 aliphatic heterocycles. The summed E-state index contributed by atoms with van der Waals surface area (Å²) in [5, 5.41) is 4.60. The standard InChI is InChI=1S/C13H24N2O2S/c1-11-13(18-12(2)15-11)10-14-6-4-5-7-17-9-8-16-3/h14H,4-10H2,1-3H3. The van der Waals surface area contributed by atoms with Gasteiger partial charge in [0.05, 0.1) is 23.9 Å². The molecule has 18 heavy (non-hydrogen) atoms. The molecule has 5 heteroatoms. The summed E-state index contributed by atoms with van der Waals surface area (Å²) in [6.07, 6.45) is 2.24. The molecular weight excluding hydrogens is 248 g/mol. The fourth-order valence-corrected chi connectivity index (χ4v) is 2.54. The van der Waals surface area contributed by atoms with Gasteiger partial charge in [0.25, 0.3) is 0 Å². The number of aromatic nitrogens is 1. The van der Waals surface area contributed by atoms with E-state index in [0.29, 0.717) is 13.2 Å². The quantitative estimate of drug-likeness (QED) is 0.664. The first-order valence-electron chi connectivity index (χ1n) is 6.44. The highest BCUT2D eigenvalue weighted by molar-refractivity contribution is 7.11. The molecule has 0 bridgehead atoms.